The highest BCUT2D eigenvalue weighted by Crippen LogP contribution is 2.25. The van der Waals surface area contributed by atoms with Crippen LogP contribution in [0.25, 0.3) is 0 Å². The van der Waals surface area contributed by atoms with Gasteiger partial charge in [0.15, 0.2) is 5.60 Å². The Morgan fingerprint density at radius 2 is 1.85 bits per heavy atom. The molecule has 1 heterocycles. The van der Waals surface area contributed by atoms with E-state index in [9.17, 15) is 9.59 Å². The lowest BCUT2D eigenvalue weighted by Gasteiger charge is -2.11. The summed E-state index contributed by atoms with van der Waals surface area (Å²) in [6, 6.07) is 0. The second-order valence-electron chi connectivity index (χ2n) is 3.74. The van der Waals surface area contributed by atoms with Gasteiger partial charge in [-0.25, -0.2) is 4.79 Å². The van der Waals surface area contributed by atoms with Gasteiger partial charge in [-0.3, -0.25) is 4.79 Å². The Bertz CT molecular complexity index is 289. The van der Waals surface area contributed by atoms with Crippen molar-refractivity contribution in [2.75, 3.05) is 14.1 Å². The number of ketones is 1. The highest BCUT2D eigenvalue weighted by atomic mass is 16.6. The molecule has 4 nitrogen and oxygen atoms in total. The lowest BCUT2D eigenvalue weighted by molar-refractivity contribution is -0.147. The molecule has 0 amide bonds. The van der Waals surface area contributed by atoms with Crippen LogP contribution in [0.5, 0.6) is 0 Å². The van der Waals surface area contributed by atoms with Gasteiger partial charge in [0, 0.05) is 20.3 Å². The first-order chi connectivity index (χ1) is 5.84. The monoisotopic (exact) mass is 183 g/mol. The van der Waals surface area contributed by atoms with Crippen LogP contribution in [-0.4, -0.2) is 36.3 Å². The Balaban J connectivity index is 3.03. The summed E-state index contributed by atoms with van der Waals surface area (Å²) in [5.41, 5.74) is -0.881. The van der Waals surface area contributed by atoms with Crippen LogP contribution in [-0.2, 0) is 14.3 Å². The molecule has 0 spiro atoms. The molecule has 0 aromatic rings. The van der Waals surface area contributed by atoms with Gasteiger partial charge in [-0.1, -0.05) is 0 Å². The zero-order valence-electron chi connectivity index (χ0n) is 8.25. The van der Waals surface area contributed by atoms with E-state index in [0.29, 0.717) is 0 Å². The average Bonchev–Trinajstić information content (AvgIpc) is 2.12. The summed E-state index contributed by atoms with van der Waals surface area (Å²) in [4.78, 5) is 24.4. The molecule has 1 saturated heterocycles. The number of cyclic esters (lactones) is 1. The normalized spacial score (nSPS) is 23.5. The Labute approximate surface area is 77.2 Å². The standard InChI is InChI=1S/C9H13NO3/c1-9(2)7(11)6(5-10(3)4)8(12)13-9/h5H,1-4H3/b6-5+. The van der Waals surface area contributed by atoms with Crippen molar-refractivity contribution in [2.45, 2.75) is 19.4 Å². The number of hydrogen-bond donors (Lipinski definition) is 0. The molecule has 1 aliphatic rings. The number of Topliss-reactive ketones (excluding diaryl/α,β-unsaturated/α-hetero) is 1. The number of carbonyl (C=O) groups excluding carboxylic acids is 2. The maximum absolute atomic E-state index is 11.5. The van der Waals surface area contributed by atoms with E-state index in [0.717, 1.165) is 0 Å². The van der Waals surface area contributed by atoms with Gasteiger partial charge >= 0.3 is 5.97 Å². The molecule has 0 bridgehead atoms. The van der Waals surface area contributed by atoms with Gasteiger partial charge < -0.3 is 9.64 Å². The van der Waals surface area contributed by atoms with E-state index in [4.69, 9.17) is 4.74 Å². The van der Waals surface area contributed by atoms with E-state index in [-0.39, 0.29) is 11.4 Å². The van der Waals surface area contributed by atoms with Crippen molar-refractivity contribution in [2.24, 2.45) is 0 Å². The zero-order chi connectivity index (χ0) is 10.2. The van der Waals surface area contributed by atoms with E-state index in [2.05, 4.69) is 0 Å². The zero-order valence-corrected chi connectivity index (χ0v) is 8.25. The van der Waals surface area contributed by atoms with E-state index in [1.54, 1.807) is 32.8 Å². The van der Waals surface area contributed by atoms with E-state index in [1.807, 2.05) is 0 Å². The number of hydrogen-bond acceptors (Lipinski definition) is 4. The molecule has 0 atom stereocenters. The lowest BCUT2D eigenvalue weighted by atomic mass is 10.0. The van der Waals surface area contributed by atoms with Gasteiger partial charge in [0.05, 0.1) is 0 Å². The van der Waals surface area contributed by atoms with Crippen molar-refractivity contribution in [3.8, 4) is 0 Å². The average molecular weight is 183 g/mol. The molecule has 0 unspecified atom stereocenters. The van der Waals surface area contributed by atoms with Crippen molar-refractivity contribution in [1.29, 1.82) is 0 Å². The van der Waals surface area contributed by atoms with Crippen LogP contribution in [0.3, 0.4) is 0 Å². The molecule has 0 radical (unpaired) electrons. The molecular formula is C9H13NO3. The first kappa shape index (κ1) is 9.77. The summed E-state index contributed by atoms with van der Waals surface area (Å²) in [6.07, 6.45) is 1.49. The maximum atomic E-state index is 11.5. The van der Waals surface area contributed by atoms with Crippen LogP contribution in [0.15, 0.2) is 11.8 Å². The molecule has 1 fully saturated rings. The van der Waals surface area contributed by atoms with E-state index >= 15 is 0 Å². The molecule has 0 aromatic carbocycles. The summed E-state index contributed by atoms with van der Waals surface area (Å²) in [7, 11) is 3.50. The third-order valence-corrected chi connectivity index (χ3v) is 1.75. The smallest absolute Gasteiger partial charge is 0.344 e. The van der Waals surface area contributed by atoms with Crippen LogP contribution < -0.4 is 0 Å². The van der Waals surface area contributed by atoms with Gasteiger partial charge in [-0.15, -0.1) is 0 Å². The number of esters is 1. The van der Waals surface area contributed by atoms with Crippen LogP contribution in [0.2, 0.25) is 0 Å². The minimum absolute atomic E-state index is 0.120. The molecular weight excluding hydrogens is 170 g/mol. The topological polar surface area (TPSA) is 46.6 Å². The first-order valence-electron chi connectivity index (χ1n) is 4.01. The van der Waals surface area contributed by atoms with Crippen LogP contribution in [0.4, 0.5) is 0 Å². The van der Waals surface area contributed by atoms with Gasteiger partial charge in [0.2, 0.25) is 5.78 Å². The molecule has 1 aliphatic heterocycles. The quantitative estimate of drug-likeness (QED) is 0.334. The third-order valence-electron chi connectivity index (χ3n) is 1.75. The van der Waals surface area contributed by atoms with Gasteiger partial charge in [0.25, 0.3) is 0 Å². The predicted molar refractivity (Wildman–Crippen MR) is 46.9 cm³/mol. The summed E-state index contributed by atoms with van der Waals surface area (Å²) in [5.74, 6) is -0.796. The highest BCUT2D eigenvalue weighted by molar-refractivity contribution is 6.24. The number of nitrogens with zero attached hydrogens (tertiary/aromatic N) is 1. The van der Waals surface area contributed by atoms with Crippen molar-refractivity contribution in [1.82, 2.24) is 4.90 Å². The van der Waals surface area contributed by atoms with Crippen LogP contribution in [0, 0.1) is 0 Å². The van der Waals surface area contributed by atoms with E-state index in [1.165, 1.54) is 6.20 Å². The minimum Gasteiger partial charge on any atom is -0.448 e. The Morgan fingerprint density at radius 3 is 2.15 bits per heavy atom. The lowest BCUT2D eigenvalue weighted by Crippen LogP contribution is -2.27. The molecule has 0 N–H and O–H groups in total. The van der Waals surface area contributed by atoms with Gasteiger partial charge in [-0.2, -0.15) is 0 Å². The molecule has 72 valence electrons. The first-order valence-corrected chi connectivity index (χ1v) is 4.01. The Morgan fingerprint density at radius 1 is 1.31 bits per heavy atom. The minimum atomic E-state index is -1.00. The Hall–Kier alpha value is -1.32. The molecule has 4 heteroatoms. The number of ether oxygens (including phenoxy) is 1. The fraction of sp³-hybridized carbons (Fsp3) is 0.556. The van der Waals surface area contributed by atoms with Crippen LogP contribution in [0.1, 0.15) is 13.8 Å². The maximum Gasteiger partial charge on any atom is 0.344 e. The molecule has 13 heavy (non-hydrogen) atoms. The summed E-state index contributed by atoms with van der Waals surface area (Å²) < 4.78 is 4.89. The summed E-state index contributed by atoms with van der Waals surface area (Å²) in [6.45, 7) is 3.17. The van der Waals surface area contributed by atoms with Crippen LogP contribution >= 0.6 is 0 Å². The third kappa shape index (κ3) is 1.71. The SMILES string of the molecule is CN(C)/C=C1/C(=O)OC(C)(C)C1=O. The second-order valence-corrected chi connectivity index (χ2v) is 3.74. The van der Waals surface area contributed by atoms with Gasteiger partial charge in [0.1, 0.15) is 5.57 Å². The predicted octanol–water partition coefficient (Wildman–Crippen LogP) is 0.336. The highest BCUT2D eigenvalue weighted by Gasteiger charge is 2.45. The molecule has 0 aliphatic carbocycles. The molecule has 1 rings (SSSR count). The van der Waals surface area contributed by atoms with E-state index < -0.39 is 11.6 Å². The molecule has 0 aromatic heterocycles. The largest absolute Gasteiger partial charge is 0.448 e. The second kappa shape index (κ2) is 2.87. The van der Waals surface area contributed by atoms with Crippen molar-refractivity contribution in [3.63, 3.8) is 0 Å². The number of rotatable bonds is 1. The fourth-order valence-corrected chi connectivity index (χ4v) is 1.12. The summed E-state index contributed by atoms with van der Waals surface area (Å²) in [5, 5.41) is 0. The number of carbonyl (C=O) groups is 2. The summed E-state index contributed by atoms with van der Waals surface area (Å²) >= 11 is 0. The van der Waals surface area contributed by atoms with Crippen molar-refractivity contribution < 1.29 is 14.3 Å². The Kier molecular flexibility index (Phi) is 2.15. The van der Waals surface area contributed by atoms with Gasteiger partial charge in [-0.05, 0) is 13.8 Å². The fourth-order valence-electron chi connectivity index (χ4n) is 1.12. The van der Waals surface area contributed by atoms with Crippen molar-refractivity contribution in [3.05, 3.63) is 11.8 Å². The molecule has 0 saturated carbocycles. The van der Waals surface area contributed by atoms with Crippen molar-refractivity contribution >= 4 is 11.8 Å².